The molecule has 0 N–H and O–H groups in total. The van der Waals surface area contributed by atoms with Gasteiger partial charge < -0.3 is 4.57 Å². The molecule has 0 spiro atoms. The monoisotopic (exact) mass is 302 g/mol. The molecule has 1 rings (SSSR count). The SMILES string of the molecule is C#C.C=C/C(=C\C(C)=C/C)Cn1cncc1C=O.CC.CC. The Morgan fingerprint density at radius 3 is 2.27 bits per heavy atom. The summed E-state index contributed by atoms with van der Waals surface area (Å²) in [6.07, 6.45) is 17.9. The molecule has 0 atom stereocenters. The number of nitrogens with zero attached hydrogens (tertiary/aromatic N) is 2. The summed E-state index contributed by atoms with van der Waals surface area (Å²) in [4.78, 5) is 14.7. The molecule has 0 aliphatic carbocycles. The van der Waals surface area contributed by atoms with Crippen LogP contribution in [0.3, 0.4) is 0 Å². The van der Waals surface area contributed by atoms with Crippen LogP contribution in [0.1, 0.15) is 52.0 Å². The number of rotatable bonds is 5. The van der Waals surface area contributed by atoms with Gasteiger partial charge in [-0.3, -0.25) is 4.79 Å². The maximum atomic E-state index is 10.7. The highest BCUT2D eigenvalue weighted by molar-refractivity contribution is 5.71. The van der Waals surface area contributed by atoms with Crippen molar-refractivity contribution in [2.75, 3.05) is 0 Å². The fourth-order valence-corrected chi connectivity index (χ4v) is 1.30. The van der Waals surface area contributed by atoms with Gasteiger partial charge in [-0.05, 0) is 19.4 Å². The Morgan fingerprint density at radius 2 is 1.86 bits per heavy atom. The van der Waals surface area contributed by atoms with Crippen LogP contribution >= 0.6 is 0 Å². The quantitative estimate of drug-likeness (QED) is 0.432. The van der Waals surface area contributed by atoms with Gasteiger partial charge in [0.25, 0.3) is 0 Å². The van der Waals surface area contributed by atoms with Crippen LogP contribution in [0.2, 0.25) is 0 Å². The standard InChI is InChI=1S/C13H16N2O.2C2H6.C2H2/c1-4-11(3)6-12(5-2)8-15-10-14-7-13(15)9-16;3*1-2/h4-7,9-10H,2,8H2,1,3H3;2*1-2H3;1-2H/b11-4-,12-6+;;;. The van der Waals surface area contributed by atoms with Gasteiger partial charge in [-0.25, -0.2) is 4.98 Å². The lowest BCUT2D eigenvalue weighted by Gasteiger charge is -2.05. The summed E-state index contributed by atoms with van der Waals surface area (Å²) in [5.74, 6) is 0. The molecule has 0 saturated carbocycles. The van der Waals surface area contributed by atoms with Crippen LogP contribution in [-0.2, 0) is 6.54 Å². The van der Waals surface area contributed by atoms with Gasteiger partial charge in [-0.15, -0.1) is 12.8 Å². The average molecular weight is 302 g/mol. The first-order chi connectivity index (χ1) is 10.7. The molecule has 1 aromatic heterocycles. The Morgan fingerprint density at radius 1 is 1.32 bits per heavy atom. The predicted molar refractivity (Wildman–Crippen MR) is 97.9 cm³/mol. The number of aldehydes is 1. The van der Waals surface area contributed by atoms with Crippen molar-refractivity contribution >= 4 is 6.29 Å². The van der Waals surface area contributed by atoms with E-state index in [2.05, 4.69) is 24.4 Å². The molecule has 22 heavy (non-hydrogen) atoms. The summed E-state index contributed by atoms with van der Waals surface area (Å²) in [7, 11) is 0. The highest BCUT2D eigenvalue weighted by Crippen LogP contribution is 2.08. The van der Waals surface area contributed by atoms with E-state index in [9.17, 15) is 4.79 Å². The summed E-state index contributed by atoms with van der Waals surface area (Å²) in [6, 6.07) is 0. The van der Waals surface area contributed by atoms with Gasteiger partial charge in [0, 0.05) is 6.54 Å². The summed E-state index contributed by atoms with van der Waals surface area (Å²) in [5, 5.41) is 0. The van der Waals surface area contributed by atoms with Crippen LogP contribution in [0, 0.1) is 12.8 Å². The molecule has 3 heteroatoms. The topological polar surface area (TPSA) is 34.9 Å². The van der Waals surface area contributed by atoms with E-state index < -0.39 is 0 Å². The number of imidazole rings is 1. The van der Waals surface area contributed by atoms with Gasteiger partial charge in [-0.1, -0.05) is 58.1 Å². The second-order valence-corrected chi connectivity index (χ2v) is 3.52. The molecule has 0 amide bonds. The molecular formula is C19H30N2O. The van der Waals surface area contributed by atoms with Gasteiger partial charge in [0.05, 0.1) is 12.5 Å². The molecule has 0 radical (unpaired) electrons. The maximum Gasteiger partial charge on any atom is 0.168 e. The third-order valence-corrected chi connectivity index (χ3v) is 2.35. The predicted octanol–water partition coefficient (Wildman–Crippen LogP) is 5.08. The van der Waals surface area contributed by atoms with Gasteiger partial charge in [0.1, 0.15) is 5.69 Å². The number of terminal acetylenes is 1. The number of carbonyl (C=O) groups excluding carboxylic acids is 1. The number of carbonyl (C=O) groups is 1. The summed E-state index contributed by atoms with van der Waals surface area (Å²) >= 11 is 0. The molecular weight excluding hydrogens is 272 g/mol. The van der Waals surface area contributed by atoms with Crippen molar-refractivity contribution in [3.8, 4) is 12.8 Å². The van der Waals surface area contributed by atoms with E-state index in [4.69, 9.17) is 0 Å². The molecule has 0 fully saturated rings. The lowest BCUT2D eigenvalue weighted by molar-refractivity contribution is 0.111. The van der Waals surface area contributed by atoms with Crippen LogP contribution < -0.4 is 0 Å². The zero-order valence-electron chi connectivity index (χ0n) is 14.8. The van der Waals surface area contributed by atoms with Crippen LogP contribution in [0.25, 0.3) is 0 Å². The molecule has 0 unspecified atom stereocenters. The van der Waals surface area contributed by atoms with E-state index in [1.807, 2.05) is 53.7 Å². The van der Waals surface area contributed by atoms with Crippen molar-refractivity contribution in [3.63, 3.8) is 0 Å². The molecule has 1 aromatic rings. The summed E-state index contributed by atoms with van der Waals surface area (Å²) in [5.41, 5.74) is 2.80. The molecule has 0 bridgehead atoms. The fourth-order valence-electron chi connectivity index (χ4n) is 1.30. The number of hydrogen-bond donors (Lipinski definition) is 0. The highest BCUT2D eigenvalue weighted by Gasteiger charge is 2.01. The highest BCUT2D eigenvalue weighted by atomic mass is 16.1. The normalized spacial score (nSPS) is 9.82. The number of aromatic nitrogens is 2. The van der Waals surface area contributed by atoms with Crippen molar-refractivity contribution in [2.24, 2.45) is 0 Å². The zero-order valence-corrected chi connectivity index (χ0v) is 14.8. The molecule has 122 valence electrons. The smallest absolute Gasteiger partial charge is 0.168 e. The second kappa shape index (κ2) is 18.7. The van der Waals surface area contributed by atoms with E-state index in [1.165, 1.54) is 5.57 Å². The third kappa shape index (κ3) is 10.4. The fraction of sp³-hybridized carbons (Fsp3) is 0.368. The largest absolute Gasteiger partial charge is 0.324 e. The molecule has 0 aliphatic heterocycles. The van der Waals surface area contributed by atoms with Crippen LogP contribution in [0.5, 0.6) is 0 Å². The lowest BCUT2D eigenvalue weighted by Crippen LogP contribution is -2.02. The first-order valence-electron chi connectivity index (χ1n) is 7.45. The second-order valence-electron chi connectivity index (χ2n) is 3.52. The lowest BCUT2D eigenvalue weighted by atomic mass is 10.1. The van der Waals surface area contributed by atoms with E-state index >= 15 is 0 Å². The van der Waals surface area contributed by atoms with Gasteiger partial charge >= 0.3 is 0 Å². The zero-order chi connectivity index (χ0) is 18.0. The molecule has 0 saturated heterocycles. The van der Waals surface area contributed by atoms with E-state index in [-0.39, 0.29) is 0 Å². The number of hydrogen-bond acceptors (Lipinski definition) is 2. The molecule has 0 aromatic carbocycles. The summed E-state index contributed by atoms with van der Waals surface area (Å²) in [6.45, 7) is 16.4. The maximum absolute atomic E-state index is 10.7. The van der Waals surface area contributed by atoms with Crippen molar-refractivity contribution in [1.29, 1.82) is 0 Å². The molecule has 1 heterocycles. The van der Waals surface area contributed by atoms with Crippen LogP contribution in [0.4, 0.5) is 0 Å². The Bertz CT molecular complexity index is 477. The van der Waals surface area contributed by atoms with Crippen molar-refractivity contribution in [1.82, 2.24) is 9.55 Å². The van der Waals surface area contributed by atoms with Gasteiger partial charge in [0.2, 0.25) is 0 Å². The van der Waals surface area contributed by atoms with Gasteiger partial charge in [-0.2, -0.15) is 0 Å². The Kier molecular flexibility index (Phi) is 20.9. The minimum atomic E-state index is 0.575. The van der Waals surface area contributed by atoms with Crippen molar-refractivity contribution in [3.05, 3.63) is 54.2 Å². The van der Waals surface area contributed by atoms with E-state index in [0.717, 1.165) is 11.9 Å². The Balaban J connectivity index is -0.000000535. The van der Waals surface area contributed by atoms with Gasteiger partial charge in [0.15, 0.2) is 6.29 Å². The third-order valence-electron chi connectivity index (χ3n) is 2.35. The minimum Gasteiger partial charge on any atom is -0.324 e. The summed E-state index contributed by atoms with van der Waals surface area (Å²) < 4.78 is 1.80. The Labute approximate surface area is 136 Å². The first-order valence-corrected chi connectivity index (χ1v) is 7.45. The van der Waals surface area contributed by atoms with Crippen LogP contribution in [-0.4, -0.2) is 15.8 Å². The molecule has 3 nitrogen and oxygen atoms in total. The van der Waals surface area contributed by atoms with E-state index in [1.54, 1.807) is 23.2 Å². The Hall–Kier alpha value is -2.34. The minimum absolute atomic E-state index is 0.575. The molecule has 0 aliphatic rings. The van der Waals surface area contributed by atoms with Crippen molar-refractivity contribution < 1.29 is 4.79 Å². The van der Waals surface area contributed by atoms with Crippen LogP contribution in [0.15, 0.2) is 48.5 Å². The first kappa shape index (κ1) is 24.7. The average Bonchev–Trinajstić information content (AvgIpc) is 3.06. The van der Waals surface area contributed by atoms with Crippen molar-refractivity contribution in [2.45, 2.75) is 48.1 Å². The number of allylic oxidation sites excluding steroid dienone is 5. The van der Waals surface area contributed by atoms with E-state index in [0.29, 0.717) is 12.2 Å².